The number of methoxy groups -OCH3 is 1. The fourth-order valence-electron chi connectivity index (χ4n) is 17.4. The van der Waals surface area contributed by atoms with E-state index in [9.17, 15) is 65.8 Å². The monoisotopic (exact) mass is 1230 g/mol. The molecular formula is C60H94O26. The molecule has 0 aromatic heterocycles. The van der Waals surface area contributed by atoms with E-state index in [-0.39, 0.29) is 35.7 Å². The van der Waals surface area contributed by atoms with Gasteiger partial charge in [0.1, 0.15) is 109 Å². The van der Waals surface area contributed by atoms with Gasteiger partial charge in [0.2, 0.25) is 0 Å². The first-order chi connectivity index (χ1) is 40.5. The topological polar surface area (TPSA) is 377 Å². The first kappa shape index (κ1) is 66.5. The molecule has 0 amide bonds. The third kappa shape index (κ3) is 11.5. The van der Waals surface area contributed by atoms with Crippen molar-refractivity contribution in [2.75, 3.05) is 33.5 Å². The Bertz CT molecular complexity index is 2430. The molecule has 0 bridgehead atoms. The average molecular weight is 1230 g/mol. The van der Waals surface area contributed by atoms with Gasteiger partial charge in [-0.15, -0.1) is 6.58 Å². The molecule has 0 radical (unpaired) electrons. The molecule has 4 aliphatic carbocycles. The summed E-state index contributed by atoms with van der Waals surface area (Å²) in [5.74, 6) is -0.507. The summed E-state index contributed by atoms with van der Waals surface area (Å²) in [5, 5.41) is 121. The van der Waals surface area contributed by atoms with Gasteiger partial charge in [-0.05, 0) is 88.4 Å². The lowest BCUT2D eigenvalue weighted by molar-refractivity contribution is -0.389. The summed E-state index contributed by atoms with van der Waals surface area (Å²) in [5.41, 5.74) is -0.754. The van der Waals surface area contributed by atoms with Gasteiger partial charge in [-0.1, -0.05) is 44.9 Å². The lowest BCUT2D eigenvalue weighted by Crippen LogP contribution is -2.66. The highest BCUT2D eigenvalue weighted by molar-refractivity contribution is 5.83. The van der Waals surface area contributed by atoms with E-state index in [2.05, 4.69) is 40.3 Å². The summed E-state index contributed by atoms with van der Waals surface area (Å²) in [6, 6.07) is 0. The highest BCUT2D eigenvalue weighted by Gasteiger charge is 2.76. The van der Waals surface area contributed by atoms with Gasteiger partial charge in [-0.25, -0.2) is 0 Å². The van der Waals surface area contributed by atoms with Crippen molar-refractivity contribution in [2.24, 2.45) is 39.4 Å². The number of allylic oxidation sites excluding steroid dienone is 2. The summed E-state index contributed by atoms with van der Waals surface area (Å²) in [6.45, 7) is 17.8. The SMILES string of the molecule is C=C(C)CC(CC1(C)OC(=O)C23CCC4C(=CCC5C(C)(C)C(OC6OCC(OC7OC(CO)C(O)C(O)C7O)C(O)C6OC6OC(C)C(OC7OCC(O)C(OC8OCC(O)C(OC)C8O)C7O)C(O)C6O)CCC45C)C2(C)CCC13)OC(C)=O. The van der Waals surface area contributed by atoms with Crippen LogP contribution in [0.25, 0.3) is 0 Å². The molecular weight excluding hydrogens is 1140 g/mol. The molecule has 26 nitrogen and oxygen atoms in total. The average Bonchev–Trinajstić information content (AvgIpc) is 1.46. The molecule has 0 aromatic carbocycles. The van der Waals surface area contributed by atoms with Crippen LogP contribution in [0.3, 0.4) is 0 Å². The summed E-state index contributed by atoms with van der Waals surface area (Å²) in [4.78, 5) is 26.9. The van der Waals surface area contributed by atoms with E-state index in [4.69, 9.17) is 61.6 Å². The Hall–Kier alpha value is -2.46. The molecule has 6 saturated heterocycles. The first-order valence-corrected chi connectivity index (χ1v) is 30.6. The maximum Gasteiger partial charge on any atom is 0.313 e. The highest BCUT2D eigenvalue weighted by Crippen LogP contribution is 2.76. The van der Waals surface area contributed by atoms with Gasteiger partial charge in [0.25, 0.3) is 0 Å². The molecule has 10 rings (SSSR count). The van der Waals surface area contributed by atoms with E-state index < -0.39 is 195 Å². The van der Waals surface area contributed by atoms with Crippen molar-refractivity contribution in [1.82, 2.24) is 0 Å². The van der Waals surface area contributed by atoms with Crippen molar-refractivity contribution in [1.29, 1.82) is 0 Å². The number of carbonyl (C=O) groups is 2. The molecule has 6 aliphatic heterocycles. The van der Waals surface area contributed by atoms with Gasteiger partial charge in [0.05, 0.1) is 44.1 Å². The molecule has 31 unspecified atom stereocenters. The molecule has 11 N–H and O–H groups in total. The Kier molecular flexibility index (Phi) is 19.5. The third-order valence-corrected chi connectivity index (χ3v) is 21.8. The van der Waals surface area contributed by atoms with Crippen LogP contribution in [0, 0.1) is 39.4 Å². The van der Waals surface area contributed by atoms with Gasteiger partial charge in [0.15, 0.2) is 31.5 Å². The van der Waals surface area contributed by atoms with Crippen molar-refractivity contribution in [2.45, 2.75) is 266 Å². The zero-order valence-corrected chi connectivity index (χ0v) is 50.6. The number of aliphatic hydroxyl groups is 11. The van der Waals surface area contributed by atoms with Crippen LogP contribution in [0.2, 0.25) is 0 Å². The van der Waals surface area contributed by atoms with Crippen LogP contribution in [-0.4, -0.2) is 255 Å². The molecule has 10 aliphatic rings. The number of fused-ring (bicyclic) bond motifs is 4. The van der Waals surface area contributed by atoms with Crippen LogP contribution in [0.1, 0.15) is 113 Å². The van der Waals surface area contributed by atoms with Crippen LogP contribution in [-0.2, 0) is 71.2 Å². The molecule has 3 saturated carbocycles. The molecule has 490 valence electrons. The normalized spacial score (nSPS) is 51.3. The van der Waals surface area contributed by atoms with Crippen LogP contribution in [0.15, 0.2) is 23.8 Å². The van der Waals surface area contributed by atoms with Gasteiger partial charge in [0, 0.05) is 38.2 Å². The Morgan fingerprint density at radius 2 is 1.28 bits per heavy atom. The molecule has 9 fully saturated rings. The van der Waals surface area contributed by atoms with E-state index in [1.54, 1.807) is 0 Å². The Morgan fingerprint density at radius 3 is 1.93 bits per heavy atom. The zero-order chi connectivity index (χ0) is 62.5. The lowest BCUT2D eigenvalue weighted by atomic mass is 9.41. The minimum Gasteiger partial charge on any atom is -0.462 e. The summed E-state index contributed by atoms with van der Waals surface area (Å²) in [7, 11) is 1.28. The maximum atomic E-state index is 14.7. The highest BCUT2D eigenvalue weighted by atomic mass is 16.8. The minimum absolute atomic E-state index is 0.0392. The fourth-order valence-corrected chi connectivity index (χ4v) is 17.4. The van der Waals surface area contributed by atoms with Gasteiger partial charge in [-0.2, -0.15) is 0 Å². The number of cyclic esters (lactones) is 1. The van der Waals surface area contributed by atoms with E-state index in [1.165, 1.54) is 26.5 Å². The summed E-state index contributed by atoms with van der Waals surface area (Å²) in [6.07, 6.45) is -27.1. The first-order valence-electron chi connectivity index (χ1n) is 30.6. The summed E-state index contributed by atoms with van der Waals surface area (Å²) >= 11 is 0. The number of esters is 2. The smallest absolute Gasteiger partial charge is 0.313 e. The molecule has 31 atom stereocenters. The van der Waals surface area contributed by atoms with Gasteiger partial charge in [-0.3, -0.25) is 9.59 Å². The van der Waals surface area contributed by atoms with E-state index in [1.807, 2.05) is 13.8 Å². The Balaban J connectivity index is 0.858. The number of rotatable bonds is 17. The maximum absolute atomic E-state index is 14.7. The number of carbonyl (C=O) groups excluding carboxylic acids is 2. The molecule has 86 heavy (non-hydrogen) atoms. The quantitative estimate of drug-likeness (QED) is 0.0631. The number of ether oxygens (including phenoxy) is 13. The standard InChI is InChI=1S/C60H94O26/c1-25(2)19-28(79-27(4)62)20-59(9)36-14-17-58(8)30-11-12-35-56(5,6)37(15-16-57(35,7)29(30)13-18-60(36,58)55(73)86-59)82-54-49(39(66)34(24-77-54)81-53-42(69)40(67)38(65)33(21-61)80-53)85-52-43(70)41(68)46(26(3)78-52)83-51-45(72)48(32(64)23-76-51)84-50-44(71)47(74-10)31(63)22-75-50/h11,26,28-29,31-54,61,63-72H,1,12-24H2,2-10H3. The van der Waals surface area contributed by atoms with Gasteiger partial charge < -0.3 is 118 Å². The molecule has 6 heterocycles. The van der Waals surface area contributed by atoms with Crippen molar-refractivity contribution >= 4 is 11.9 Å². The van der Waals surface area contributed by atoms with E-state index >= 15 is 0 Å². The largest absolute Gasteiger partial charge is 0.462 e. The van der Waals surface area contributed by atoms with Crippen LogP contribution in [0.5, 0.6) is 0 Å². The molecule has 0 aromatic rings. The molecule has 1 spiro atoms. The predicted molar refractivity (Wildman–Crippen MR) is 292 cm³/mol. The zero-order valence-electron chi connectivity index (χ0n) is 50.6. The van der Waals surface area contributed by atoms with Crippen molar-refractivity contribution in [3.8, 4) is 0 Å². The minimum atomic E-state index is -1.93. The van der Waals surface area contributed by atoms with Crippen LogP contribution in [0.4, 0.5) is 0 Å². The van der Waals surface area contributed by atoms with E-state index in [0.717, 1.165) is 24.8 Å². The predicted octanol–water partition coefficient (Wildman–Crippen LogP) is -0.744. The van der Waals surface area contributed by atoms with Crippen molar-refractivity contribution in [3.63, 3.8) is 0 Å². The third-order valence-electron chi connectivity index (χ3n) is 21.8. The second kappa shape index (κ2) is 25.2. The van der Waals surface area contributed by atoms with Crippen LogP contribution < -0.4 is 0 Å². The Labute approximate surface area is 500 Å². The van der Waals surface area contributed by atoms with Gasteiger partial charge >= 0.3 is 11.9 Å². The summed E-state index contributed by atoms with van der Waals surface area (Å²) < 4.78 is 78.1. The van der Waals surface area contributed by atoms with Crippen LogP contribution >= 0.6 is 0 Å². The van der Waals surface area contributed by atoms with Crippen molar-refractivity contribution in [3.05, 3.63) is 23.8 Å². The number of aliphatic hydroxyl groups excluding tert-OH is 11. The van der Waals surface area contributed by atoms with E-state index in [0.29, 0.717) is 38.5 Å². The second-order valence-electron chi connectivity index (χ2n) is 27.5. The fraction of sp³-hybridized carbons (Fsp3) is 0.900. The number of hydrogen-bond donors (Lipinski definition) is 11. The second-order valence-corrected chi connectivity index (χ2v) is 27.5. The lowest BCUT2D eigenvalue weighted by Gasteiger charge is -2.64. The van der Waals surface area contributed by atoms with Crippen molar-refractivity contribution < 1.29 is 127 Å². The molecule has 26 heteroatoms. The Morgan fingerprint density at radius 1 is 0.663 bits per heavy atom. The number of hydrogen-bond acceptors (Lipinski definition) is 26.